The Morgan fingerprint density at radius 3 is 2.00 bits per heavy atom. The first-order chi connectivity index (χ1) is 8.51. The van der Waals surface area contributed by atoms with Crippen molar-refractivity contribution in [3.8, 4) is 0 Å². The van der Waals surface area contributed by atoms with Crippen LogP contribution in [0.25, 0.3) is 0 Å². The van der Waals surface area contributed by atoms with Crippen LogP contribution >= 0.6 is 0 Å². The lowest BCUT2D eigenvalue weighted by molar-refractivity contribution is -0.172. The Labute approximate surface area is 106 Å². The van der Waals surface area contributed by atoms with Crippen molar-refractivity contribution in [2.45, 2.75) is 32.8 Å². The normalized spacial score (nSPS) is 25.8. The van der Waals surface area contributed by atoms with E-state index >= 15 is 0 Å². The van der Waals surface area contributed by atoms with Gasteiger partial charge in [0.05, 0.1) is 19.3 Å². The van der Waals surface area contributed by atoms with E-state index in [4.69, 9.17) is 14.6 Å². The first-order valence-corrected chi connectivity index (χ1v) is 6.15. The Bertz CT molecular complexity index is 296. The van der Waals surface area contributed by atoms with E-state index in [1.165, 1.54) is 0 Å². The average Bonchev–Trinajstić information content (AvgIpc) is 2.68. The minimum Gasteiger partial charge on any atom is -0.465 e. The van der Waals surface area contributed by atoms with Crippen molar-refractivity contribution in [3.63, 3.8) is 0 Å². The zero-order valence-electron chi connectivity index (χ0n) is 10.7. The molecular formula is C12H20O6. The number of hydrogen-bond donors (Lipinski definition) is 2. The van der Waals surface area contributed by atoms with Crippen molar-refractivity contribution in [1.29, 1.82) is 0 Å². The van der Waals surface area contributed by atoms with Crippen LogP contribution in [0.5, 0.6) is 0 Å². The molecule has 18 heavy (non-hydrogen) atoms. The van der Waals surface area contributed by atoms with Crippen LogP contribution in [0.2, 0.25) is 0 Å². The molecule has 0 heterocycles. The summed E-state index contributed by atoms with van der Waals surface area (Å²) in [5, 5.41) is 18.9. The third-order valence-electron chi connectivity index (χ3n) is 3.28. The van der Waals surface area contributed by atoms with Gasteiger partial charge in [-0.2, -0.15) is 0 Å². The molecule has 0 aromatic heterocycles. The summed E-state index contributed by atoms with van der Waals surface area (Å²) in [6.07, 6.45) is -0.901. The lowest BCUT2D eigenvalue weighted by Gasteiger charge is -2.24. The van der Waals surface area contributed by atoms with E-state index in [1.54, 1.807) is 13.8 Å². The monoisotopic (exact) mass is 260 g/mol. The standard InChI is InChI=1S/C12H20O6/c1-3-17-10(15)12(11(16)18-4-2)5-8(7-13)9(14)6-12/h8-9,13-14H,3-7H2,1-2H3/t8-,9+/m0/s1. The molecule has 1 saturated carbocycles. The van der Waals surface area contributed by atoms with Gasteiger partial charge in [0.1, 0.15) is 0 Å². The number of esters is 2. The fourth-order valence-corrected chi connectivity index (χ4v) is 2.33. The molecule has 6 nitrogen and oxygen atoms in total. The molecule has 0 unspecified atom stereocenters. The predicted octanol–water partition coefficient (Wildman–Crippen LogP) is -0.138. The number of rotatable bonds is 5. The third-order valence-corrected chi connectivity index (χ3v) is 3.28. The van der Waals surface area contributed by atoms with Crippen molar-refractivity contribution in [2.24, 2.45) is 11.3 Å². The van der Waals surface area contributed by atoms with Crippen LogP contribution < -0.4 is 0 Å². The molecular weight excluding hydrogens is 240 g/mol. The average molecular weight is 260 g/mol. The molecule has 0 spiro atoms. The van der Waals surface area contributed by atoms with Crippen molar-refractivity contribution >= 4 is 11.9 Å². The molecule has 0 radical (unpaired) electrons. The maximum Gasteiger partial charge on any atom is 0.323 e. The summed E-state index contributed by atoms with van der Waals surface area (Å²) in [6, 6.07) is 0. The van der Waals surface area contributed by atoms with Crippen LogP contribution in [0.1, 0.15) is 26.7 Å². The fraction of sp³-hybridized carbons (Fsp3) is 0.833. The molecule has 0 aliphatic heterocycles. The SMILES string of the molecule is CCOC(=O)C1(C(=O)OCC)C[C@@H](CO)[C@H](O)C1. The number of aliphatic hydroxyl groups is 2. The molecule has 1 fully saturated rings. The minimum atomic E-state index is -1.47. The van der Waals surface area contributed by atoms with E-state index in [0.717, 1.165) is 0 Å². The van der Waals surface area contributed by atoms with E-state index in [9.17, 15) is 14.7 Å². The highest BCUT2D eigenvalue weighted by atomic mass is 16.6. The van der Waals surface area contributed by atoms with Gasteiger partial charge in [0, 0.05) is 18.9 Å². The van der Waals surface area contributed by atoms with Crippen molar-refractivity contribution in [2.75, 3.05) is 19.8 Å². The highest BCUT2D eigenvalue weighted by Gasteiger charge is 2.57. The zero-order chi connectivity index (χ0) is 13.8. The second-order valence-corrected chi connectivity index (χ2v) is 4.44. The lowest BCUT2D eigenvalue weighted by atomic mass is 9.85. The molecule has 2 atom stereocenters. The van der Waals surface area contributed by atoms with Crippen LogP contribution in [0, 0.1) is 11.3 Å². The predicted molar refractivity (Wildman–Crippen MR) is 61.5 cm³/mol. The van der Waals surface area contributed by atoms with E-state index in [2.05, 4.69) is 0 Å². The fourth-order valence-electron chi connectivity index (χ4n) is 2.33. The molecule has 0 aromatic rings. The van der Waals surface area contributed by atoms with Crippen LogP contribution in [0.4, 0.5) is 0 Å². The summed E-state index contributed by atoms with van der Waals surface area (Å²) in [5.74, 6) is -1.87. The highest BCUT2D eigenvalue weighted by molar-refractivity contribution is 6.00. The molecule has 104 valence electrons. The Balaban J connectivity index is 2.96. The highest BCUT2D eigenvalue weighted by Crippen LogP contribution is 2.44. The van der Waals surface area contributed by atoms with Gasteiger partial charge >= 0.3 is 11.9 Å². The molecule has 0 amide bonds. The van der Waals surface area contributed by atoms with Gasteiger partial charge < -0.3 is 19.7 Å². The van der Waals surface area contributed by atoms with Gasteiger partial charge in [-0.05, 0) is 20.3 Å². The van der Waals surface area contributed by atoms with Crippen molar-refractivity contribution in [1.82, 2.24) is 0 Å². The Morgan fingerprint density at radius 2 is 1.67 bits per heavy atom. The number of carbonyl (C=O) groups excluding carboxylic acids is 2. The molecule has 1 aliphatic carbocycles. The van der Waals surface area contributed by atoms with Crippen molar-refractivity contribution in [3.05, 3.63) is 0 Å². The first kappa shape index (κ1) is 14.9. The van der Waals surface area contributed by atoms with E-state index < -0.39 is 29.4 Å². The summed E-state index contributed by atoms with van der Waals surface area (Å²) in [7, 11) is 0. The third kappa shape index (κ3) is 2.64. The molecule has 1 aliphatic rings. The van der Waals surface area contributed by atoms with Crippen LogP contribution in [0.15, 0.2) is 0 Å². The van der Waals surface area contributed by atoms with Crippen LogP contribution in [0.3, 0.4) is 0 Å². The van der Waals surface area contributed by atoms with Gasteiger partial charge in [0.15, 0.2) is 5.41 Å². The first-order valence-electron chi connectivity index (χ1n) is 6.15. The van der Waals surface area contributed by atoms with Crippen molar-refractivity contribution < 1.29 is 29.3 Å². The van der Waals surface area contributed by atoms with Gasteiger partial charge in [-0.25, -0.2) is 0 Å². The Morgan fingerprint density at radius 1 is 1.17 bits per heavy atom. The molecule has 1 rings (SSSR count). The Hall–Kier alpha value is -1.14. The second-order valence-electron chi connectivity index (χ2n) is 4.44. The molecule has 2 N–H and O–H groups in total. The summed E-state index contributed by atoms with van der Waals surface area (Å²) in [5.41, 5.74) is -1.47. The summed E-state index contributed by atoms with van der Waals surface area (Å²) < 4.78 is 9.81. The van der Waals surface area contributed by atoms with Gasteiger partial charge in [0.25, 0.3) is 0 Å². The largest absolute Gasteiger partial charge is 0.465 e. The lowest BCUT2D eigenvalue weighted by Crippen LogP contribution is -2.40. The minimum absolute atomic E-state index is 0.0579. The van der Waals surface area contributed by atoms with Crippen LogP contribution in [-0.4, -0.2) is 48.1 Å². The maximum absolute atomic E-state index is 12.0. The summed E-state index contributed by atoms with van der Waals surface area (Å²) in [6.45, 7) is 3.32. The van der Waals surface area contributed by atoms with E-state index in [1.807, 2.05) is 0 Å². The second kappa shape index (κ2) is 6.15. The summed E-state index contributed by atoms with van der Waals surface area (Å²) in [4.78, 5) is 23.9. The van der Waals surface area contributed by atoms with Crippen LogP contribution in [-0.2, 0) is 19.1 Å². The molecule has 6 heteroatoms. The number of ether oxygens (including phenoxy) is 2. The topological polar surface area (TPSA) is 93.1 Å². The van der Waals surface area contributed by atoms with Gasteiger partial charge in [0.2, 0.25) is 0 Å². The molecule has 0 bridgehead atoms. The zero-order valence-corrected chi connectivity index (χ0v) is 10.7. The summed E-state index contributed by atoms with van der Waals surface area (Å²) >= 11 is 0. The smallest absolute Gasteiger partial charge is 0.323 e. The number of hydrogen-bond acceptors (Lipinski definition) is 6. The van der Waals surface area contributed by atoms with E-state index in [0.29, 0.717) is 0 Å². The quantitative estimate of drug-likeness (QED) is 0.528. The Kier molecular flexibility index (Phi) is 5.10. The van der Waals surface area contributed by atoms with Gasteiger partial charge in [-0.15, -0.1) is 0 Å². The molecule has 0 saturated heterocycles. The molecule has 0 aromatic carbocycles. The number of carbonyl (C=O) groups is 2. The van der Waals surface area contributed by atoms with Gasteiger partial charge in [-0.3, -0.25) is 9.59 Å². The number of aliphatic hydroxyl groups excluding tert-OH is 2. The van der Waals surface area contributed by atoms with Gasteiger partial charge in [-0.1, -0.05) is 0 Å². The van der Waals surface area contributed by atoms with E-state index in [-0.39, 0.29) is 32.7 Å². The maximum atomic E-state index is 12.0.